The Kier molecular flexibility index (Phi) is 5.31. The molecular weight excluding hydrogens is 352 g/mol. The zero-order valence-corrected chi connectivity index (χ0v) is 16.4. The number of nitrogens with one attached hydrogen (secondary N) is 1. The molecular formula is C22H28N4O2. The highest BCUT2D eigenvalue weighted by molar-refractivity contribution is 5.93. The molecule has 0 bridgehead atoms. The third kappa shape index (κ3) is 4.17. The fourth-order valence-electron chi connectivity index (χ4n) is 3.82. The van der Waals surface area contributed by atoms with Crippen molar-refractivity contribution in [3.8, 4) is 11.3 Å². The van der Waals surface area contributed by atoms with Crippen LogP contribution in [0.15, 0.2) is 36.5 Å². The standard InChI is InChI=1S/C22H28N4O2/c1-22(28,17-10-11-17)15-24-21(27)18-14-23-20(26-12-6-3-7-13-26)19(25-18)16-8-4-2-5-9-16/h2,4-5,8-9,14,17,28H,3,6-7,10-13,15H2,1H3,(H,24,27). The number of anilines is 1. The van der Waals surface area contributed by atoms with Crippen LogP contribution in [0.2, 0.25) is 0 Å². The Morgan fingerprint density at radius 2 is 1.93 bits per heavy atom. The molecule has 6 nitrogen and oxygen atoms in total. The van der Waals surface area contributed by atoms with Crippen molar-refractivity contribution in [2.75, 3.05) is 24.5 Å². The Labute approximate surface area is 166 Å². The van der Waals surface area contributed by atoms with Gasteiger partial charge in [0.2, 0.25) is 0 Å². The zero-order chi connectivity index (χ0) is 19.6. The highest BCUT2D eigenvalue weighted by atomic mass is 16.3. The molecule has 6 heteroatoms. The molecule has 2 heterocycles. The lowest BCUT2D eigenvalue weighted by atomic mass is 10.0. The van der Waals surface area contributed by atoms with Gasteiger partial charge in [0, 0.05) is 25.2 Å². The van der Waals surface area contributed by atoms with Gasteiger partial charge >= 0.3 is 0 Å². The van der Waals surface area contributed by atoms with Crippen LogP contribution in [0.25, 0.3) is 11.3 Å². The number of hydrogen-bond donors (Lipinski definition) is 2. The van der Waals surface area contributed by atoms with Crippen molar-refractivity contribution < 1.29 is 9.90 Å². The van der Waals surface area contributed by atoms with E-state index < -0.39 is 5.60 Å². The molecule has 4 rings (SSSR count). The topological polar surface area (TPSA) is 78.3 Å². The molecule has 1 saturated heterocycles. The molecule has 1 aliphatic heterocycles. The number of amides is 1. The van der Waals surface area contributed by atoms with E-state index in [2.05, 4.69) is 20.2 Å². The van der Waals surface area contributed by atoms with Crippen LogP contribution in [0.5, 0.6) is 0 Å². The average molecular weight is 380 g/mol. The van der Waals surface area contributed by atoms with Crippen LogP contribution in [-0.4, -0.2) is 46.2 Å². The molecule has 1 aromatic carbocycles. The SMILES string of the molecule is CC(O)(CNC(=O)c1cnc(N2CCCCC2)c(-c2ccccc2)n1)C1CC1. The molecule has 2 N–H and O–H groups in total. The van der Waals surface area contributed by atoms with E-state index in [-0.39, 0.29) is 24.1 Å². The first-order valence-corrected chi connectivity index (χ1v) is 10.2. The maximum atomic E-state index is 12.7. The van der Waals surface area contributed by atoms with Crippen molar-refractivity contribution >= 4 is 11.7 Å². The van der Waals surface area contributed by atoms with Gasteiger partial charge in [-0.05, 0) is 44.9 Å². The molecule has 1 amide bonds. The second-order valence-corrected chi connectivity index (χ2v) is 8.16. The molecule has 1 aromatic heterocycles. The number of carbonyl (C=O) groups excluding carboxylic acids is 1. The molecule has 2 aliphatic rings. The normalized spacial score (nSPS) is 19.1. The fourth-order valence-corrected chi connectivity index (χ4v) is 3.82. The molecule has 0 radical (unpaired) electrons. The van der Waals surface area contributed by atoms with Crippen LogP contribution in [0.4, 0.5) is 5.82 Å². The summed E-state index contributed by atoms with van der Waals surface area (Å²) in [6.45, 7) is 3.94. The summed E-state index contributed by atoms with van der Waals surface area (Å²) in [6, 6.07) is 9.90. The van der Waals surface area contributed by atoms with Crippen molar-refractivity contribution in [2.24, 2.45) is 5.92 Å². The van der Waals surface area contributed by atoms with E-state index in [9.17, 15) is 9.90 Å². The second-order valence-electron chi connectivity index (χ2n) is 8.16. The molecule has 1 aliphatic carbocycles. The monoisotopic (exact) mass is 380 g/mol. The van der Waals surface area contributed by atoms with Crippen molar-refractivity contribution in [3.05, 3.63) is 42.2 Å². The zero-order valence-electron chi connectivity index (χ0n) is 16.4. The van der Waals surface area contributed by atoms with Crippen LogP contribution in [0.3, 0.4) is 0 Å². The fraction of sp³-hybridized carbons (Fsp3) is 0.500. The summed E-state index contributed by atoms with van der Waals surface area (Å²) in [6.07, 6.45) is 7.13. The van der Waals surface area contributed by atoms with Gasteiger partial charge in [0.25, 0.3) is 5.91 Å². The largest absolute Gasteiger partial charge is 0.388 e. The van der Waals surface area contributed by atoms with Crippen LogP contribution >= 0.6 is 0 Å². The van der Waals surface area contributed by atoms with Crippen molar-refractivity contribution in [1.29, 1.82) is 0 Å². The maximum Gasteiger partial charge on any atom is 0.271 e. The van der Waals surface area contributed by atoms with Gasteiger partial charge in [-0.1, -0.05) is 30.3 Å². The number of rotatable bonds is 6. The first-order valence-electron chi connectivity index (χ1n) is 10.2. The molecule has 1 unspecified atom stereocenters. The summed E-state index contributed by atoms with van der Waals surface area (Å²) in [5.74, 6) is 0.823. The van der Waals surface area contributed by atoms with Gasteiger partial charge in [-0.15, -0.1) is 0 Å². The molecule has 28 heavy (non-hydrogen) atoms. The van der Waals surface area contributed by atoms with Crippen molar-refractivity contribution in [2.45, 2.75) is 44.6 Å². The lowest BCUT2D eigenvalue weighted by Gasteiger charge is -2.29. The number of piperidine rings is 1. The first-order chi connectivity index (χ1) is 13.5. The number of benzene rings is 1. The molecule has 1 saturated carbocycles. The van der Waals surface area contributed by atoms with Crippen LogP contribution in [0.1, 0.15) is 49.5 Å². The number of carbonyl (C=O) groups is 1. The van der Waals surface area contributed by atoms with Crippen molar-refractivity contribution in [3.63, 3.8) is 0 Å². The minimum atomic E-state index is -0.862. The van der Waals surface area contributed by atoms with Gasteiger partial charge in [-0.2, -0.15) is 0 Å². The third-order valence-electron chi connectivity index (χ3n) is 5.75. The minimum absolute atomic E-state index is 0.229. The van der Waals surface area contributed by atoms with E-state index in [1.807, 2.05) is 30.3 Å². The van der Waals surface area contributed by atoms with Gasteiger partial charge < -0.3 is 15.3 Å². The van der Waals surface area contributed by atoms with Crippen LogP contribution < -0.4 is 10.2 Å². The summed E-state index contributed by atoms with van der Waals surface area (Å²) in [5.41, 5.74) is 1.12. The van der Waals surface area contributed by atoms with E-state index in [1.165, 1.54) is 6.42 Å². The summed E-state index contributed by atoms with van der Waals surface area (Å²) in [5, 5.41) is 13.3. The van der Waals surface area contributed by atoms with Gasteiger partial charge in [0.05, 0.1) is 11.8 Å². The molecule has 1 atom stereocenters. The number of aliphatic hydroxyl groups is 1. The predicted molar refractivity (Wildman–Crippen MR) is 109 cm³/mol. The Morgan fingerprint density at radius 3 is 2.61 bits per heavy atom. The second kappa shape index (κ2) is 7.87. The Bertz CT molecular complexity index is 828. The highest BCUT2D eigenvalue weighted by Crippen LogP contribution is 2.39. The summed E-state index contributed by atoms with van der Waals surface area (Å²) < 4.78 is 0. The minimum Gasteiger partial charge on any atom is -0.388 e. The smallest absolute Gasteiger partial charge is 0.271 e. The van der Waals surface area contributed by atoms with Gasteiger partial charge in [0.15, 0.2) is 5.82 Å². The summed E-state index contributed by atoms with van der Waals surface area (Å²) in [7, 11) is 0. The quantitative estimate of drug-likeness (QED) is 0.805. The Morgan fingerprint density at radius 1 is 1.21 bits per heavy atom. The lowest BCUT2D eigenvalue weighted by Crippen LogP contribution is -2.42. The molecule has 2 aromatic rings. The molecule has 0 spiro atoms. The third-order valence-corrected chi connectivity index (χ3v) is 5.75. The maximum absolute atomic E-state index is 12.7. The number of nitrogens with zero attached hydrogens (tertiary/aromatic N) is 3. The van der Waals surface area contributed by atoms with Crippen molar-refractivity contribution in [1.82, 2.24) is 15.3 Å². The Hall–Kier alpha value is -2.47. The molecule has 2 fully saturated rings. The molecule has 148 valence electrons. The van der Waals surface area contributed by atoms with Crippen LogP contribution in [0, 0.1) is 5.92 Å². The number of aromatic nitrogens is 2. The Balaban J connectivity index is 1.59. The van der Waals surface area contributed by atoms with E-state index in [0.29, 0.717) is 0 Å². The van der Waals surface area contributed by atoms with Gasteiger partial charge in [0.1, 0.15) is 11.4 Å². The van der Waals surface area contributed by atoms with E-state index >= 15 is 0 Å². The lowest BCUT2D eigenvalue weighted by molar-refractivity contribution is 0.0353. The highest BCUT2D eigenvalue weighted by Gasteiger charge is 2.40. The van der Waals surface area contributed by atoms with Crippen LogP contribution in [-0.2, 0) is 0 Å². The average Bonchev–Trinajstić information content (AvgIpc) is 3.59. The van der Waals surface area contributed by atoms with E-state index in [4.69, 9.17) is 0 Å². The van der Waals surface area contributed by atoms with E-state index in [0.717, 1.165) is 55.8 Å². The first kappa shape index (κ1) is 18.9. The predicted octanol–water partition coefficient (Wildman–Crippen LogP) is 3.02. The number of hydrogen-bond acceptors (Lipinski definition) is 5. The van der Waals surface area contributed by atoms with Gasteiger partial charge in [-0.25, -0.2) is 9.97 Å². The van der Waals surface area contributed by atoms with Gasteiger partial charge in [-0.3, -0.25) is 4.79 Å². The summed E-state index contributed by atoms with van der Waals surface area (Å²) in [4.78, 5) is 24.2. The summed E-state index contributed by atoms with van der Waals surface area (Å²) >= 11 is 0. The van der Waals surface area contributed by atoms with E-state index in [1.54, 1.807) is 13.1 Å².